The van der Waals surface area contributed by atoms with E-state index in [2.05, 4.69) is 33.3 Å². The van der Waals surface area contributed by atoms with Crippen LogP contribution < -0.4 is 10.2 Å². The Morgan fingerprint density at radius 2 is 1.69 bits per heavy atom. The van der Waals surface area contributed by atoms with Gasteiger partial charge in [-0.05, 0) is 43.7 Å². The molecule has 7 nitrogen and oxygen atoms in total. The predicted molar refractivity (Wildman–Crippen MR) is 140 cm³/mol. The Labute approximate surface area is 208 Å². The highest BCUT2D eigenvalue weighted by molar-refractivity contribution is 14.0. The molecule has 1 saturated heterocycles. The van der Waals surface area contributed by atoms with Crippen LogP contribution in [0.25, 0.3) is 0 Å². The minimum Gasteiger partial charge on any atom is -0.356 e. The molecule has 0 unspecified atom stereocenters. The van der Waals surface area contributed by atoms with Crippen LogP contribution in [0, 0.1) is 0 Å². The first kappa shape index (κ1) is 24.9. The third-order valence-corrected chi connectivity index (χ3v) is 7.93. The summed E-state index contributed by atoms with van der Waals surface area (Å²) in [6.45, 7) is 6.50. The van der Waals surface area contributed by atoms with Crippen molar-refractivity contribution in [3.63, 3.8) is 0 Å². The van der Waals surface area contributed by atoms with Crippen LogP contribution >= 0.6 is 24.0 Å². The van der Waals surface area contributed by atoms with Gasteiger partial charge in [-0.3, -0.25) is 0 Å². The molecule has 0 amide bonds. The first-order valence-electron chi connectivity index (χ1n) is 10.9. The molecule has 1 N–H and O–H groups in total. The maximum atomic E-state index is 13.3. The number of sulfonamides is 1. The molecule has 0 saturated carbocycles. The number of likely N-dealkylation sites (N-methyl/N-ethyl adjacent to an activating group) is 1. The van der Waals surface area contributed by atoms with Crippen molar-refractivity contribution in [3.8, 4) is 0 Å². The summed E-state index contributed by atoms with van der Waals surface area (Å²) in [5.74, 6) is 0.791. The van der Waals surface area contributed by atoms with E-state index in [9.17, 15) is 8.42 Å². The lowest BCUT2D eigenvalue weighted by atomic mass is 10.2. The van der Waals surface area contributed by atoms with Gasteiger partial charge in [0.15, 0.2) is 5.96 Å². The van der Waals surface area contributed by atoms with Gasteiger partial charge < -0.3 is 15.1 Å². The van der Waals surface area contributed by atoms with Gasteiger partial charge in [-0.25, -0.2) is 13.4 Å². The number of para-hydroxylation sites is 1. The Morgan fingerprint density at radius 3 is 2.44 bits per heavy atom. The first-order valence-corrected chi connectivity index (χ1v) is 12.3. The largest absolute Gasteiger partial charge is 0.356 e. The average Bonchev–Trinajstić information content (AvgIpc) is 3.21. The standard InChI is InChI=1S/C23H31N5O2S.HI/c1-3-24-23(28-13-12-19-8-4-6-10-21(19)28)25-18-20-9-5-7-11-22(20)31(29,30)27-16-14-26(2)15-17-27;/h4-11H,3,12-18H2,1-2H3,(H,24,25);1H. The van der Waals surface area contributed by atoms with E-state index in [0.717, 1.165) is 44.1 Å². The van der Waals surface area contributed by atoms with Gasteiger partial charge in [0, 0.05) is 45.0 Å². The highest BCUT2D eigenvalue weighted by Gasteiger charge is 2.29. The van der Waals surface area contributed by atoms with Crippen molar-refractivity contribution in [2.45, 2.75) is 24.8 Å². The zero-order valence-electron chi connectivity index (χ0n) is 18.7. The Hall–Kier alpha value is -1.69. The molecule has 4 rings (SSSR count). The molecule has 0 spiro atoms. The molecule has 2 aliphatic rings. The number of nitrogens with one attached hydrogen (secondary N) is 1. The topological polar surface area (TPSA) is 68.2 Å². The molecule has 32 heavy (non-hydrogen) atoms. The van der Waals surface area contributed by atoms with E-state index < -0.39 is 10.0 Å². The number of anilines is 1. The van der Waals surface area contributed by atoms with Crippen LogP contribution in [-0.4, -0.2) is 69.9 Å². The molecule has 0 radical (unpaired) electrons. The van der Waals surface area contributed by atoms with E-state index in [0.29, 0.717) is 24.5 Å². The Bertz CT molecular complexity index is 1050. The van der Waals surface area contributed by atoms with E-state index in [-0.39, 0.29) is 24.0 Å². The second-order valence-corrected chi connectivity index (χ2v) is 9.92. The van der Waals surface area contributed by atoms with E-state index >= 15 is 0 Å². The second kappa shape index (κ2) is 11.0. The normalized spacial score (nSPS) is 17.7. The highest BCUT2D eigenvalue weighted by Crippen LogP contribution is 2.28. The van der Waals surface area contributed by atoms with Gasteiger partial charge in [0.25, 0.3) is 0 Å². The van der Waals surface area contributed by atoms with Crippen molar-refractivity contribution in [2.24, 2.45) is 4.99 Å². The number of hydrogen-bond donors (Lipinski definition) is 1. The Balaban J connectivity index is 0.00000289. The number of fused-ring (bicyclic) bond motifs is 1. The van der Waals surface area contributed by atoms with Crippen molar-refractivity contribution in [1.29, 1.82) is 0 Å². The van der Waals surface area contributed by atoms with Gasteiger partial charge >= 0.3 is 0 Å². The number of aliphatic imine (C=N–C) groups is 1. The summed E-state index contributed by atoms with van der Waals surface area (Å²) in [5, 5.41) is 3.37. The van der Waals surface area contributed by atoms with Gasteiger partial charge in [-0.1, -0.05) is 36.4 Å². The van der Waals surface area contributed by atoms with Crippen LogP contribution in [-0.2, 0) is 23.0 Å². The Kier molecular flexibility index (Phi) is 8.54. The molecule has 2 heterocycles. The van der Waals surface area contributed by atoms with E-state index in [1.165, 1.54) is 11.3 Å². The minimum absolute atomic E-state index is 0. The van der Waals surface area contributed by atoms with Crippen LogP contribution in [0.15, 0.2) is 58.4 Å². The van der Waals surface area contributed by atoms with Crippen molar-refractivity contribution in [3.05, 3.63) is 59.7 Å². The van der Waals surface area contributed by atoms with Crippen molar-refractivity contribution >= 4 is 45.6 Å². The second-order valence-electron chi connectivity index (χ2n) is 8.02. The third kappa shape index (κ3) is 5.27. The number of rotatable bonds is 5. The molecule has 2 aromatic carbocycles. The van der Waals surface area contributed by atoms with Gasteiger partial charge in [0.1, 0.15) is 0 Å². The van der Waals surface area contributed by atoms with Crippen LogP contribution in [0.1, 0.15) is 18.1 Å². The lowest BCUT2D eigenvalue weighted by Crippen LogP contribution is -2.47. The maximum Gasteiger partial charge on any atom is 0.243 e. The van der Waals surface area contributed by atoms with Crippen LogP contribution in [0.4, 0.5) is 5.69 Å². The molecule has 0 aliphatic carbocycles. The summed E-state index contributed by atoms with van der Waals surface area (Å²) in [6.07, 6.45) is 0.981. The molecular formula is C23H32IN5O2S. The quantitative estimate of drug-likeness (QED) is 0.341. The van der Waals surface area contributed by atoms with Crippen molar-refractivity contribution in [1.82, 2.24) is 14.5 Å². The molecule has 174 valence electrons. The number of hydrogen-bond acceptors (Lipinski definition) is 4. The van der Waals surface area contributed by atoms with E-state index in [1.807, 2.05) is 32.2 Å². The maximum absolute atomic E-state index is 13.3. The fraction of sp³-hybridized carbons (Fsp3) is 0.435. The van der Waals surface area contributed by atoms with E-state index in [1.54, 1.807) is 16.4 Å². The van der Waals surface area contributed by atoms with Crippen LogP contribution in [0.5, 0.6) is 0 Å². The molecule has 2 aliphatic heterocycles. The molecular weight excluding hydrogens is 537 g/mol. The van der Waals surface area contributed by atoms with E-state index in [4.69, 9.17) is 4.99 Å². The fourth-order valence-corrected chi connectivity index (χ4v) is 5.80. The summed E-state index contributed by atoms with van der Waals surface area (Å²) in [4.78, 5) is 9.54. The highest BCUT2D eigenvalue weighted by atomic mass is 127. The van der Waals surface area contributed by atoms with Gasteiger partial charge in [-0.2, -0.15) is 4.31 Å². The molecule has 2 aromatic rings. The molecule has 1 fully saturated rings. The van der Waals surface area contributed by atoms with Crippen molar-refractivity contribution < 1.29 is 8.42 Å². The smallest absolute Gasteiger partial charge is 0.243 e. The first-order chi connectivity index (χ1) is 15.0. The SMILES string of the molecule is CCNC(=NCc1ccccc1S(=O)(=O)N1CCN(C)CC1)N1CCc2ccccc21.I. The molecule has 0 bridgehead atoms. The number of benzene rings is 2. The number of halogens is 1. The van der Waals surface area contributed by atoms with Crippen LogP contribution in [0.2, 0.25) is 0 Å². The summed E-state index contributed by atoms with van der Waals surface area (Å²) < 4.78 is 28.3. The average molecular weight is 570 g/mol. The summed E-state index contributed by atoms with van der Waals surface area (Å²) in [7, 11) is -1.52. The zero-order chi connectivity index (χ0) is 21.8. The van der Waals surface area contributed by atoms with Gasteiger partial charge in [0.05, 0.1) is 11.4 Å². The van der Waals surface area contributed by atoms with Gasteiger partial charge in [0.2, 0.25) is 10.0 Å². The monoisotopic (exact) mass is 569 g/mol. The lowest BCUT2D eigenvalue weighted by molar-refractivity contribution is 0.222. The fourth-order valence-electron chi connectivity index (χ4n) is 4.17. The lowest BCUT2D eigenvalue weighted by Gasteiger charge is -2.32. The number of guanidine groups is 1. The summed E-state index contributed by atoms with van der Waals surface area (Å²) in [6, 6.07) is 15.6. The minimum atomic E-state index is -3.54. The molecule has 0 aromatic heterocycles. The molecule has 9 heteroatoms. The summed E-state index contributed by atoms with van der Waals surface area (Å²) in [5.41, 5.74) is 3.20. The van der Waals surface area contributed by atoms with Crippen LogP contribution in [0.3, 0.4) is 0 Å². The third-order valence-electron chi connectivity index (χ3n) is 5.93. The molecule has 0 atom stereocenters. The van der Waals surface area contributed by atoms with Gasteiger partial charge in [-0.15, -0.1) is 24.0 Å². The van der Waals surface area contributed by atoms with Crippen molar-refractivity contribution in [2.75, 3.05) is 51.2 Å². The Morgan fingerprint density at radius 1 is 1.00 bits per heavy atom. The summed E-state index contributed by atoms with van der Waals surface area (Å²) >= 11 is 0. The number of nitrogens with zero attached hydrogens (tertiary/aromatic N) is 4. The zero-order valence-corrected chi connectivity index (χ0v) is 21.8. The number of piperazine rings is 1. The predicted octanol–water partition coefficient (Wildman–Crippen LogP) is 2.77.